The van der Waals surface area contributed by atoms with Crippen molar-refractivity contribution in [1.29, 1.82) is 5.26 Å². The summed E-state index contributed by atoms with van der Waals surface area (Å²) >= 11 is 5.88. The lowest BCUT2D eigenvalue weighted by Gasteiger charge is -2.09. The van der Waals surface area contributed by atoms with Crippen LogP contribution in [0.4, 0.5) is 15.4 Å². The lowest BCUT2D eigenvalue weighted by atomic mass is 10.2. The van der Waals surface area contributed by atoms with Crippen molar-refractivity contribution >= 4 is 33.3 Å². The second-order valence-corrected chi connectivity index (χ2v) is 5.90. The van der Waals surface area contributed by atoms with E-state index in [-0.39, 0.29) is 10.7 Å². The minimum absolute atomic E-state index is 0.0364. The van der Waals surface area contributed by atoms with Crippen LogP contribution in [0.25, 0.3) is 0 Å². The Hall–Kier alpha value is -2.17. The first-order chi connectivity index (χ1) is 9.81. The molecule has 0 saturated carbocycles. The molecule has 2 rings (SSSR count). The first-order valence-corrected chi connectivity index (χ1v) is 7.46. The van der Waals surface area contributed by atoms with E-state index in [1.54, 1.807) is 19.1 Å². The van der Waals surface area contributed by atoms with Gasteiger partial charge in [0.2, 0.25) is 0 Å². The highest BCUT2D eigenvalue weighted by atomic mass is 35.5. The zero-order valence-electron chi connectivity index (χ0n) is 10.8. The van der Waals surface area contributed by atoms with Crippen LogP contribution in [0, 0.1) is 18.3 Å². The normalized spacial score (nSPS) is 11.0. The van der Waals surface area contributed by atoms with Gasteiger partial charge in [-0.1, -0.05) is 17.7 Å². The fraction of sp³-hybridized carbons (Fsp3) is 0.0769. The van der Waals surface area contributed by atoms with Crippen LogP contribution < -0.4 is 5.32 Å². The van der Waals surface area contributed by atoms with Crippen molar-refractivity contribution in [3.8, 4) is 6.07 Å². The van der Waals surface area contributed by atoms with E-state index >= 15 is 0 Å². The number of nitriles is 1. The van der Waals surface area contributed by atoms with Crippen LogP contribution in [0.3, 0.4) is 0 Å². The third-order valence-electron chi connectivity index (χ3n) is 2.67. The first-order valence-electron chi connectivity index (χ1n) is 5.70. The summed E-state index contributed by atoms with van der Waals surface area (Å²) in [7, 11) is -4.77. The number of hydrogen-bond donors (Lipinski definition) is 1. The smallest absolute Gasteiger partial charge is 0.332 e. The molecule has 0 saturated heterocycles. The molecular formula is C13H9ClFN3O2S. The average Bonchev–Trinajstić information content (AvgIpc) is 2.37. The largest absolute Gasteiger partial charge is 0.340 e. The summed E-state index contributed by atoms with van der Waals surface area (Å²) < 4.78 is 34.7. The molecular weight excluding hydrogens is 317 g/mol. The quantitative estimate of drug-likeness (QED) is 0.691. The van der Waals surface area contributed by atoms with Crippen LogP contribution in [0.1, 0.15) is 11.1 Å². The van der Waals surface area contributed by atoms with Crippen molar-refractivity contribution in [1.82, 2.24) is 4.98 Å². The molecule has 0 amide bonds. The van der Waals surface area contributed by atoms with E-state index in [0.29, 0.717) is 17.1 Å². The fourth-order valence-electron chi connectivity index (χ4n) is 1.71. The predicted molar refractivity (Wildman–Crippen MR) is 76.7 cm³/mol. The van der Waals surface area contributed by atoms with Gasteiger partial charge in [-0.3, -0.25) is 0 Å². The Kier molecular flexibility index (Phi) is 4.11. The van der Waals surface area contributed by atoms with Crippen molar-refractivity contribution in [2.45, 2.75) is 11.8 Å². The van der Waals surface area contributed by atoms with E-state index in [1.807, 2.05) is 6.07 Å². The highest BCUT2D eigenvalue weighted by molar-refractivity contribution is 7.86. The van der Waals surface area contributed by atoms with E-state index in [2.05, 4.69) is 10.3 Å². The van der Waals surface area contributed by atoms with Gasteiger partial charge in [0.25, 0.3) is 0 Å². The monoisotopic (exact) mass is 325 g/mol. The maximum atomic E-state index is 12.9. The molecule has 0 aliphatic heterocycles. The summed E-state index contributed by atoms with van der Waals surface area (Å²) in [5.74, 6) is 0.324. The topological polar surface area (TPSA) is 82.8 Å². The Morgan fingerprint density at radius 2 is 2.10 bits per heavy atom. The van der Waals surface area contributed by atoms with Crippen molar-refractivity contribution in [2.75, 3.05) is 5.32 Å². The molecule has 1 N–H and O–H groups in total. The van der Waals surface area contributed by atoms with Crippen molar-refractivity contribution in [3.05, 3.63) is 46.6 Å². The number of nitrogens with one attached hydrogen (secondary N) is 1. The molecule has 0 unspecified atom stereocenters. The zero-order chi connectivity index (χ0) is 15.6. The number of nitrogens with zero attached hydrogens (tertiary/aromatic N) is 2. The summed E-state index contributed by atoms with van der Waals surface area (Å²) in [5.41, 5.74) is 1.22. The Morgan fingerprint density at radius 3 is 2.67 bits per heavy atom. The average molecular weight is 326 g/mol. The number of benzene rings is 1. The van der Waals surface area contributed by atoms with Gasteiger partial charge in [-0.2, -0.15) is 13.7 Å². The maximum Gasteiger partial charge on any atom is 0.332 e. The second-order valence-electron chi connectivity index (χ2n) is 4.19. The Balaban J connectivity index is 2.38. The van der Waals surface area contributed by atoms with Crippen molar-refractivity contribution in [3.63, 3.8) is 0 Å². The zero-order valence-corrected chi connectivity index (χ0v) is 12.3. The molecule has 1 heterocycles. The van der Waals surface area contributed by atoms with Gasteiger partial charge in [0.15, 0.2) is 0 Å². The molecule has 0 fully saturated rings. The molecule has 0 spiro atoms. The molecule has 0 atom stereocenters. The van der Waals surface area contributed by atoms with Gasteiger partial charge >= 0.3 is 10.2 Å². The molecule has 0 bridgehead atoms. The molecule has 5 nitrogen and oxygen atoms in total. The minimum atomic E-state index is -4.77. The number of rotatable bonds is 3. The van der Waals surface area contributed by atoms with Gasteiger partial charge in [-0.15, -0.1) is 3.89 Å². The summed E-state index contributed by atoms with van der Waals surface area (Å²) in [6.45, 7) is 1.69. The number of aromatic nitrogens is 1. The van der Waals surface area contributed by atoms with Crippen LogP contribution in [-0.2, 0) is 10.2 Å². The molecule has 0 aliphatic rings. The van der Waals surface area contributed by atoms with Crippen LogP contribution in [0.5, 0.6) is 0 Å². The number of pyridine rings is 1. The molecule has 1 aromatic heterocycles. The van der Waals surface area contributed by atoms with Crippen molar-refractivity contribution < 1.29 is 12.3 Å². The van der Waals surface area contributed by atoms with Crippen LogP contribution >= 0.6 is 11.6 Å². The van der Waals surface area contributed by atoms with E-state index in [4.69, 9.17) is 16.9 Å². The van der Waals surface area contributed by atoms with Gasteiger partial charge in [0, 0.05) is 5.69 Å². The number of hydrogen-bond acceptors (Lipinski definition) is 5. The van der Waals surface area contributed by atoms with Crippen LogP contribution in [0.15, 0.2) is 35.2 Å². The number of anilines is 2. The lowest BCUT2D eigenvalue weighted by Crippen LogP contribution is -1.99. The number of halogens is 2. The summed E-state index contributed by atoms with van der Waals surface area (Å²) in [5, 5.41) is 11.8. The van der Waals surface area contributed by atoms with Gasteiger partial charge in [-0.05, 0) is 36.8 Å². The molecule has 8 heteroatoms. The molecule has 1 aromatic carbocycles. The van der Waals surface area contributed by atoms with Gasteiger partial charge in [0.1, 0.15) is 21.9 Å². The summed E-state index contributed by atoms with van der Waals surface area (Å²) in [6.07, 6.45) is 0. The van der Waals surface area contributed by atoms with E-state index in [1.165, 1.54) is 6.07 Å². The van der Waals surface area contributed by atoms with Crippen molar-refractivity contribution in [2.24, 2.45) is 0 Å². The van der Waals surface area contributed by atoms with Crippen LogP contribution in [0.2, 0.25) is 5.15 Å². The molecule has 2 aromatic rings. The molecule has 0 radical (unpaired) electrons. The standard InChI is InChI=1S/C13H9ClFN3O2S/c1-8-5-12(18-13(14)11(8)7-16)17-9-3-2-4-10(6-9)21(15,19)20/h2-6H,1H3,(H,17,18). The maximum absolute atomic E-state index is 12.9. The van der Waals surface area contributed by atoms with Gasteiger partial charge in [0.05, 0.1) is 5.56 Å². The van der Waals surface area contributed by atoms with Gasteiger partial charge in [-0.25, -0.2) is 4.98 Å². The predicted octanol–water partition coefficient (Wildman–Crippen LogP) is 3.32. The SMILES string of the molecule is Cc1cc(Nc2cccc(S(=O)(=O)F)c2)nc(Cl)c1C#N. The van der Waals surface area contributed by atoms with Gasteiger partial charge < -0.3 is 5.32 Å². The Labute approximate surface area is 126 Å². The Morgan fingerprint density at radius 1 is 1.38 bits per heavy atom. The molecule has 108 valence electrons. The second kappa shape index (κ2) is 5.68. The van der Waals surface area contributed by atoms with Crippen LogP contribution in [-0.4, -0.2) is 13.4 Å². The summed E-state index contributed by atoms with van der Waals surface area (Å²) in [4.78, 5) is 3.53. The highest BCUT2D eigenvalue weighted by Gasteiger charge is 2.13. The number of aryl methyl sites for hydroxylation is 1. The molecule has 0 aliphatic carbocycles. The highest BCUT2D eigenvalue weighted by Crippen LogP contribution is 2.24. The third kappa shape index (κ3) is 3.48. The Bertz CT molecular complexity index is 824. The third-order valence-corrected chi connectivity index (χ3v) is 3.76. The fourth-order valence-corrected chi connectivity index (χ4v) is 2.50. The summed E-state index contributed by atoms with van der Waals surface area (Å²) in [6, 6.07) is 8.75. The van der Waals surface area contributed by atoms with E-state index in [0.717, 1.165) is 12.1 Å². The van der Waals surface area contributed by atoms with E-state index in [9.17, 15) is 12.3 Å². The first kappa shape index (κ1) is 15.2. The molecule has 21 heavy (non-hydrogen) atoms. The lowest BCUT2D eigenvalue weighted by molar-refractivity contribution is 0.552. The van der Waals surface area contributed by atoms with E-state index < -0.39 is 15.1 Å². The minimum Gasteiger partial charge on any atom is -0.340 e.